The van der Waals surface area contributed by atoms with Gasteiger partial charge in [0.2, 0.25) is 5.91 Å². The van der Waals surface area contributed by atoms with Crippen molar-refractivity contribution in [1.29, 1.82) is 0 Å². The molecule has 1 unspecified atom stereocenters. The number of nitrogens with one attached hydrogen (secondary N) is 1. The molecule has 1 heterocycles. The van der Waals surface area contributed by atoms with Crippen molar-refractivity contribution in [2.45, 2.75) is 32.2 Å². The Labute approximate surface area is 124 Å². The van der Waals surface area contributed by atoms with Gasteiger partial charge in [0.1, 0.15) is 5.82 Å². The van der Waals surface area contributed by atoms with E-state index in [9.17, 15) is 4.79 Å². The van der Waals surface area contributed by atoms with Gasteiger partial charge in [-0.05, 0) is 18.6 Å². The molecule has 1 amide bonds. The number of hydrogen-bond acceptors (Lipinski definition) is 4. The fourth-order valence-electron chi connectivity index (χ4n) is 2.36. The van der Waals surface area contributed by atoms with E-state index in [4.69, 9.17) is 11.5 Å². The molecule has 0 bridgehead atoms. The second kappa shape index (κ2) is 7.04. The van der Waals surface area contributed by atoms with Crippen LogP contribution in [0.4, 0.5) is 5.82 Å². The van der Waals surface area contributed by atoms with Gasteiger partial charge in [-0.1, -0.05) is 38.0 Å². The Kier molecular flexibility index (Phi) is 5.11. The molecule has 5 nitrogen and oxygen atoms in total. The second-order valence-electron chi connectivity index (χ2n) is 5.16. The third-order valence-corrected chi connectivity index (χ3v) is 3.52. The lowest BCUT2D eigenvalue weighted by atomic mass is 10.1. The molecule has 0 aliphatic carbocycles. The van der Waals surface area contributed by atoms with Crippen LogP contribution in [0.15, 0.2) is 30.3 Å². The minimum atomic E-state index is -0.450. The number of aromatic nitrogens is 1. The predicted molar refractivity (Wildman–Crippen MR) is 86.3 cm³/mol. The summed E-state index contributed by atoms with van der Waals surface area (Å²) in [4.78, 5) is 16.2. The van der Waals surface area contributed by atoms with Gasteiger partial charge in [0.05, 0.1) is 11.1 Å². The largest absolute Gasteiger partial charge is 0.366 e. The minimum Gasteiger partial charge on any atom is -0.366 e. The van der Waals surface area contributed by atoms with Gasteiger partial charge in [-0.3, -0.25) is 4.79 Å². The SMILES string of the molecule is CCCCC(CN)Nc1cc(C(N)=O)c2ccccc2n1. The average Bonchev–Trinajstić information content (AvgIpc) is 2.50. The van der Waals surface area contributed by atoms with Crippen LogP contribution in [0.1, 0.15) is 36.5 Å². The van der Waals surface area contributed by atoms with Crippen LogP contribution in [0.5, 0.6) is 0 Å². The number of primary amides is 1. The van der Waals surface area contributed by atoms with Crippen molar-refractivity contribution >= 4 is 22.6 Å². The molecule has 2 rings (SSSR count). The summed E-state index contributed by atoms with van der Waals surface area (Å²) in [7, 11) is 0. The Morgan fingerprint density at radius 2 is 2.14 bits per heavy atom. The van der Waals surface area contributed by atoms with Crippen LogP contribution in [0.25, 0.3) is 10.9 Å². The quantitative estimate of drug-likeness (QED) is 0.727. The van der Waals surface area contributed by atoms with Gasteiger partial charge in [-0.2, -0.15) is 0 Å². The van der Waals surface area contributed by atoms with E-state index in [2.05, 4.69) is 17.2 Å². The maximum Gasteiger partial charge on any atom is 0.249 e. The number of carbonyl (C=O) groups excluding carboxylic acids is 1. The number of hydrogen-bond donors (Lipinski definition) is 3. The molecule has 2 aromatic rings. The molecule has 21 heavy (non-hydrogen) atoms. The van der Waals surface area contributed by atoms with E-state index in [0.717, 1.165) is 30.2 Å². The highest BCUT2D eigenvalue weighted by atomic mass is 16.1. The number of benzene rings is 1. The number of nitrogens with zero attached hydrogens (tertiary/aromatic N) is 1. The highest BCUT2D eigenvalue weighted by Gasteiger charge is 2.12. The molecule has 0 fully saturated rings. The van der Waals surface area contributed by atoms with Crippen molar-refractivity contribution in [3.05, 3.63) is 35.9 Å². The molecular formula is C16H22N4O. The van der Waals surface area contributed by atoms with E-state index >= 15 is 0 Å². The Hall–Kier alpha value is -2.14. The highest BCUT2D eigenvalue weighted by molar-refractivity contribution is 6.06. The molecule has 112 valence electrons. The summed E-state index contributed by atoms with van der Waals surface area (Å²) in [5.74, 6) is 0.198. The van der Waals surface area contributed by atoms with E-state index in [1.165, 1.54) is 0 Å². The third-order valence-electron chi connectivity index (χ3n) is 3.52. The highest BCUT2D eigenvalue weighted by Crippen LogP contribution is 2.21. The zero-order valence-electron chi connectivity index (χ0n) is 12.3. The average molecular weight is 286 g/mol. The van der Waals surface area contributed by atoms with Crippen molar-refractivity contribution in [1.82, 2.24) is 4.98 Å². The van der Waals surface area contributed by atoms with E-state index in [1.807, 2.05) is 24.3 Å². The molecule has 5 heteroatoms. The monoisotopic (exact) mass is 286 g/mol. The van der Waals surface area contributed by atoms with Gasteiger partial charge < -0.3 is 16.8 Å². The molecule has 1 atom stereocenters. The van der Waals surface area contributed by atoms with Gasteiger partial charge in [0, 0.05) is 18.0 Å². The number of fused-ring (bicyclic) bond motifs is 1. The van der Waals surface area contributed by atoms with Gasteiger partial charge in [-0.15, -0.1) is 0 Å². The molecule has 5 N–H and O–H groups in total. The summed E-state index contributed by atoms with van der Waals surface area (Å²) in [5, 5.41) is 4.08. The van der Waals surface area contributed by atoms with E-state index in [-0.39, 0.29) is 6.04 Å². The number of amides is 1. The fraction of sp³-hybridized carbons (Fsp3) is 0.375. The molecule has 0 radical (unpaired) electrons. The third kappa shape index (κ3) is 3.70. The molecule has 0 saturated carbocycles. The van der Waals surface area contributed by atoms with Crippen molar-refractivity contribution < 1.29 is 4.79 Å². The van der Waals surface area contributed by atoms with E-state index in [1.54, 1.807) is 6.07 Å². The number of rotatable bonds is 7. The Morgan fingerprint density at radius 3 is 2.81 bits per heavy atom. The molecule has 0 saturated heterocycles. The summed E-state index contributed by atoms with van der Waals surface area (Å²) in [5.41, 5.74) is 12.5. The fourth-order valence-corrected chi connectivity index (χ4v) is 2.36. The first-order valence-corrected chi connectivity index (χ1v) is 7.32. The van der Waals surface area contributed by atoms with Crippen LogP contribution >= 0.6 is 0 Å². The van der Waals surface area contributed by atoms with Crippen molar-refractivity contribution in [3.63, 3.8) is 0 Å². The van der Waals surface area contributed by atoms with Crippen molar-refractivity contribution in [3.8, 4) is 0 Å². The maximum atomic E-state index is 11.6. The van der Waals surface area contributed by atoms with Gasteiger partial charge >= 0.3 is 0 Å². The number of para-hydroxylation sites is 1. The molecule has 0 spiro atoms. The van der Waals surface area contributed by atoms with Crippen LogP contribution in [-0.4, -0.2) is 23.5 Å². The first-order chi connectivity index (χ1) is 10.2. The molecule has 1 aromatic heterocycles. The van der Waals surface area contributed by atoms with Crippen molar-refractivity contribution in [2.24, 2.45) is 11.5 Å². The summed E-state index contributed by atoms with van der Waals surface area (Å²) < 4.78 is 0. The van der Waals surface area contributed by atoms with Crippen LogP contribution in [0, 0.1) is 0 Å². The lowest BCUT2D eigenvalue weighted by Gasteiger charge is -2.18. The summed E-state index contributed by atoms with van der Waals surface area (Å²) in [6, 6.07) is 9.34. The second-order valence-corrected chi connectivity index (χ2v) is 5.16. The Bertz CT molecular complexity index is 627. The van der Waals surface area contributed by atoms with Crippen LogP contribution in [0.3, 0.4) is 0 Å². The molecule has 0 aliphatic rings. The topological polar surface area (TPSA) is 94.0 Å². The molecule has 0 aliphatic heterocycles. The summed E-state index contributed by atoms with van der Waals surface area (Å²) in [6.45, 7) is 2.67. The smallest absolute Gasteiger partial charge is 0.249 e. The number of unbranched alkanes of at least 4 members (excludes halogenated alkanes) is 1. The van der Waals surface area contributed by atoms with Crippen molar-refractivity contribution in [2.75, 3.05) is 11.9 Å². The lowest BCUT2D eigenvalue weighted by Crippen LogP contribution is -2.29. The minimum absolute atomic E-state index is 0.152. The molecule has 1 aromatic carbocycles. The van der Waals surface area contributed by atoms with Gasteiger partial charge in [-0.25, -0.2) is 4.98 Å². The first-order valence-electron chi connectivity index (χ1n) is 7.32. The summed E-state index contributed by atoms with van der Waals surface area (Å²) in [6.07, 6.45) is 3.20. The van der Waals surface area contributed by atoms with Gasteiger partial charge in [0.15, 0.2) is 0 Å². The number of pyridine rings is 1. The molecular weight excluding hydrogens is 264 g/mol. The number of anilines is 1. The van der Waals surface area contributed by atoms with E-state index in [0.29, 0.717) is 17.9 Å². The lowest BCUT2D eigenvalue weighted by molar-refractivity contribution is 0.100. The van der Waals surface area contributed by atoms with Crippen LogP contribution < -0.4 is 16.8 Å². The maximum absolute atomic E-state index is 11.6. The van der Waals surface area contributed by atoms with Crippen LogP contribution in [0.2, 0.25) is 0 Å². The van der Waals surface area contributed by atoms with Gasteiger partial charge in [0.25, 0.3) is 0 Å². The normalized spacial score (nSPS) is 12.3. The number of carbonyl (C=O) groups is 1. The summed E-state index contributed by atoms with van der Waals surface area (Å²) >= 11 is 0. The zero-order chi connectivity index (χ0) is 15.2. The predicted octanol–water partition coefficient (Wildman–Crippen LogP) is 2.26. The first kappa shape index (κ1) is 15.3. The van der Waals surface area contributed by atoms with E-state index < -0.39 is 5.91 Å². The standard InChI is InChI=1S/C16H22N4O/c1-2-3-6-11(10-17)19-15-9-13(16(18)21)12-7-4-5-8-14(12)20-15/h4-5,7-9,11H,2-3,6,10,17H2,1H3,(H2,18,21)(H,19,20). The van der Waals surface area contributed by atoms with Crippen LogP contribution in [-0.2, 0) is 0 Å². The Balaban J connectivity index is 2.33. The number of nitrogens with two attached hydrogens (primary N) is 2. The zero-order valence-corrected chi connectivity index (χ0v) is 12.3. The Morgan fingerprint density at radius 1 is 1.38 bits per heavy atom.